The highest BCUT2D eigenvalue weighted by atomic mass is 32.2. The van der Waals surface area contributed by atoms with Crippen LogP contribution in [0.2, 0.25) is 0 Å². The highest BCUT2D eigenvalue weighted by Crippen LogP contribution is 2.27. The Kier molecular flexibility index (Phi) is 5.17. The van der Waals surface area contributed by atoms with Crippen LogP contribution in [0, 0.1) is 5.82 Å². The Bertz CT molecular complexity index is 805. The number of hydrogen-bond acceptors (Lipinski definition) is 5. The predicted molar refractivity (Wildman–Crippen MR) is 83.9 cm³/mol. The van der Waals surface area contributed by atoms with Gasteiger partial charge < -0.3 is 9.47 Å². The number of ether oxygens (including phenoxy) is 2. The molecule has 0 aromatic heterocycles. The van der Waals surface area contributed by atoms with E-state index in [0.717, 1.165) is 0 Å². The molecular formula is C15H15FN2O4S. The first-order chi connectivity index (χ1) is 11.0. The quantitative estimate of drug-likeness (QED) is 0.647. The molecule has 0 aliphatic carbocycles. The lowest BCUT2D eigenvalue weighted by molar-refractivity contribution is 0.392. The number of halogens is 1. The molecule has 0 saturated heterocycles. The van der Waals surface area contributed by atoms with E-state index in [1.165, 1.54) is 56.8 Å². The summed E-state index contributed by atoms with van der Waals surface area (Å²) in [5.41, 5.74) is 0.548. The minimum absolute atomic E-state index is 0.101. The summed E-state index contributed by atoms with van der Waals surface area (Å²) in [6.07, 6.45) is 1.27. The van der Waals surface area contributed by atoms with E-state index in [2.05, 4.69) is 9.93 Å². The molecule has 0 bridgehead atoms. The fraction of sp³-hybridized carbons (Fsp3) is 0.133. The molecule has 1 N–H and O–H groups in total. The molecular weight excluding hydrogens is 323 g/mol. The van der Waals surface area contributed by atoms with Crippen molar-refractivity contribution in [1.29, 1.82) is 0 Å². The molecule has 0 aliphatic heterocycles. The Morgan fingerprint density at radius 1 is 1.09 bits per heavy atom. The van der Waals surface area contributed by atoms with Gasteiger partial charge >= 0.3 is 0 Å². The Hall–Kier alpha value is -2.61. The SMILES string of the molecule is COc1ccc(OC)c(S(=O)(=O)N/N=C/c2ccc(F)cc2)c1. The highest BCUT2D eigenvalue weighted by Gasteiger charge is 2.19. The molecule has 2 aromatic rings. The third-order valence-electron chi connectivity index (χ3n) is 2.92. The second-order valence-corrected chi connectivity index (χ2v) is 6.05. The lowest BCUT2D eigenvalue weighted by Gasteiger charge is -2.10. The molecule has 0 radical (unpaired) electrons. The maximum atomic E-state index is 12.8. The third kappa shape index (κ3) is 4.19. The summed E-state index contributed by atoms with van der Waals surface area (Å²) in [7, 11) is -1.15. The summed E-state index contributed by atoms with van der Waals surface area (Å²) in [6.45, 7) is 0. The molecule has 2 rings (SSSR count). The summed E-state index contributed by atoms with van der Waals surface area (Å²) in [4.78, 5) is 1.98. The van der Waals surface area contributed by atoms with Gasteiger partial charge in [-0.15, -0.1) is 0 Å². The second kappa shape index (κ2) is 7.10. The van der Waals surface area contributed by atoms with Gasteiger partial charge in [-0.2, -0.15) is 18.4 Å². The molecule has 6 nitrogen and oxygen atoms in total. The Labute approximate surface area is 133 Å². The first-order valence-corrected chi connectivity index (χ1v) is 7.97. The molecule has 0 spiro atoms. The molecule has 2 aromatic carbocycles. The zero-order chi connectivity index (χ0) is 16.9. The van der Waals surface area contributed by atoms with E-state index in [1.54, 1.807) is 6.07 Å². The molecule has 0 saturated carbocycles. The highest BCUT2D eigenvalue weighted by molar-refractivity contribution is 7.89. The smallest absolute Gasteiger partial charge is 0.280 e. The number of nitrogens with one attached hydrogen (secondary N) is 1. The summed E-state index contributed by atoms with van der Waals surface area (Å²) < 4.78 is 47.5. The molecule has 122 valence electrons. The lowest BCUT2D eigenvalue weighted by Crippen LogP contribution is -2.19. The summed E-state index contributed by atoms with van der Waals surface area (Å²) >= 11 is 0. The van der Waals surface area contributed by atoms with Crippen molar-refractivity contribution in [2.45, 2.75) is 4.90 Å². The minimum Gasteiger partial charge on any atom is -0.497 e. The van der Waals surface area contributed by atoms with Gasteiger partial charge in [-0.05, 0) is 29.8 Å². The van der Waals surface area contributed by atoms with E-state index in [9.17, 15) is 12.8 Å². The van der Waals surface area contributed by atoms with Crippen LogP contribution in [-0.4, -0.2) is 28.9 Å². The van der Waals surface area contributed by atoms with Gasteiger partial charge in [-0.1, -0.05) is 12.1 Å². The van der Waals surface area contributed by atoms with Crippen LogP contribution < -0.4 is 14.3 Å². The molecule has 0 atom stereocenters. The topological polar surface area (TPSA) is 77.0 Å². The first-order valence-electron chi connectivity index (χ1n) is 6.49. The van der Waals surface area contributed by atoms with Crippen LogP contribution in [-0.2, 0) is 10.0 Å². The maximum absolute atomic E-state index is 12.8. The largest absolute Gasteiger partial charge is 0.497 e. The number of nitrogens with zero attached hydrogens (tertiary/aromatic N) is 1. The van der Waals surface area contributed by atoms with E-state index in [0.29, 0.717) is 11.3 Å². The van der Waals surface area contributed by atoms with Crippen molar-refractivity contribution in [3.63, 3.8) is 0 Å². The van der Waals surface area contributed by atoms with Crippen molar-refractivity contribution in [3.05, 3.63) is 53.8 Å². The Morgan fingerprint density at radius 2 is 1.78 bits per heavy atom. The number of hydrazone groups is 1. The van der Waals surface area contributed by atoms with Gasteiger partial charge in [0.2, 0.25) is 0 Å². The van der Waals surface area contributed by atoms with E-state index < -0.39 is 10.0 Å². The van der Waals surface area contributed by atoms with Crippen molar-refractivity contribution in [2.24, 2.45) is 5.10 Å². The molecule has 0 unspecified atom stereocenters. The first kappa shape index (κ1) is 16.8. The van der Waals surface area contributed by atoms with Crippen molar-refractivity contribution in [1.82, 2.24) is 4.83 Å². The van der Waals surface area contributed by atoms with Crippen LogP contribution in [0.25, 0.3) is 0 Å². The van der Waals surface area contributed by atoms with Crippen molar-refractivity contribution < 1.29 is 22.3 Å². The Balaban J connectivity index is 2.23. The molecule has 0 amide bonds. The van der Waals surface area contributed by atoms with Gasteiger partial charge in [0.25, 0.3) is 10.0 Å². The van der Waals surface area contributed by atoms with Crippen molar-refractivity contribution in [3.8, 4) is 11.5 Å². The average molecular weight is 338 g/mol. The summed E-state index contributed by atoms with van der Waals surface area (Å²) in [5.74, 6) is 0.146. The fourth-order valence-electron chi connectivity index (χ4n) is 1.76. The normalized spacial score (nSPS) is 11.4. The van der Waals surface area contributed by atoms with Crippen LogP contribution in [0.4, 0.5) is 4.39 Å². The second-order valence-electron chi connectivity index (χ2n) is 4.42. The molecule has 0 aliphatic rings. The zero-order valence-corrected chi connectivity index (χ0v) is 13.3. The van der Waals surface area contributed by atoms with E-state index in [1.807, 2.05) is 0 Å². The van der Waals surface area contributed by atoms with Crippen LogP contribution in [0.15, 0.2) is 52.5 Å². The predicted octanol–water partition coefficient (Wildman–Crippen LogP) is 2.16. The van der Waals surface area contributed by atoms with Crippen LogP contribution in [0.1, 0.15) is 5.56 Å². The number of methoxy groups -OCH3 is 2. The van der Waals surface area contributed by atoms with Crippen molar-refractivity contribution in [2.75, 3.05) is 14.2 Å². The zero-order valence-electron chi connectivity index (χ0n) is 12.5. The number of rotatable bonds is 6. The van der Waals surface area contributed by atoms with Crippen LogP contribution >= 0.6 is 0 Å². The van der Waals surface area contributed by atoms with Gasteiger partial charge in [0.05, 0.1) is 20.4 Å². The minimum atomic E-state index is -3.94. The fourth-order valence-corrected chi connectivity index (χ4v) is 2.74. The number of benzene rings is 2. The molecule has 23 heavy (non-hydrogen) atoms. The van der Waals surface area contributed by atoms with Gasteiger partial charge in [-0.3, -0.25) is 0 Å². The maximum Gasteiger partial charge on any atom is 0.280 e. The van der Waals surface area contributed by atoms with Gasteiger partial charge in [0, 0.05) is 6.07 Å². The average Bonchev–Trinajstić information content (AvgIpc) is 2.56. The van der Waals surface area contributed by atoms with E-state index in [4.69, 9.17) is 9.47 Å². The molecule has 0 fully saturated rings. The van der Waals surface area contributed by atoms with Crippen LogP contribution in [0.5, 0.6) is 11.5 Å². The summed E-state index contributed by atoms with van der Waals surface area (Å²) in [6, 6.07) is 9.84. The van der Waals surface area contributed by atoms with Crippen LogP contribution in [0.3, 0.4) is 0 Å². The Morgan fingerprint density at radius 3 is 2.39 bits per heavy atom. The summed E-state index contributed by atoms with van der Waals surface area (Å²) in [5, 5.41) is 3.67. The van der Waals surface area contributed by atoms with Gasteiger partial charge in [-0.25, -0.2) is 4.39 Å². The molecule has 8 heteroatoms. The number of sulfonamides is 1. The molecule has 0 heterocycles. The standard InChI is InChI=1S/C15H15FN2O4S/c1-21-13-7-8-14(22-2)15(9-13)23(19,20)18-17-10-11-3-5-12(16)6-4-11/h3-10,18H,1-2H3/b17-10+. The van der Waals surface area contributed by atoms with E-state index in [-0.39, 0.29) is 16.5 Å². The lowest BCUT2D eigenvalue weighted by atomic mass is 10.2. The number of hydrogen-bond donors (Lipinski definition) is 1. The van der Waals surface area contributed by atoms with E-state index >= 15 is 0 Å². The van der Waals surface area contributed by atoms with Crippen molar-refractivity contribution >= 4 is 16.2 Å². The van der Waals surface area contributed by atoms with Gasteiger partial charge in [0.15, 0.2) is 0 Å². The third-order valence-corrected chi connectivity index (χ3v) is 4.16. The van der Waals surface area contributed by atoms with Gasteiger partial charge in [0.1, 0.15) is 22.2 Å². The monoisotopic (exact) mass is 338 g/mol.